The minimum atomic E-state index is -0.779. The monoisotopic (exact) mass is 1150 g/mol. The van der Waals surface area contributed by atoms with Gasteiger partial charge in [-0.2, -0.15) is 0 Å². The molecule has 6 nitrogen and oxygen atoms in total. The third kappa shape index (κ3) is 68.4. The minimum Gasteiger partial charge on any atom is -0.462 e. The van der Waals surface area contributed by atoms with Crippen molar-refractivity contribution < 1.29 is 28.6 Å². The minimum absolute atomic E-state index is 0.0738. The number of hydrogen-bond acceptors (Lipinski definition) is 6. The van der Waals surface area contributed by atoms with Crippen molar-refractivity contribution in [1.82, 2.24) is 0 Å². The zero-order valence-electron chi connectivity index (χ0n) is 55.5. The molecule has 0 radical (unpaired) electrons. The molecule has 0 aromatic heterocycles. The van der Waals surface area contributed by atoms with Gasteiger partial charge in [0.25, 0.3) is 0 Å². The smallest absolute Gasteiger partial charge is 0.306 e. The molecule has 6 heteroatoms. The zero-order valence-corrected chi connectivity index (χ0v) is 55.5. The Labute approximate surface area is 512 Å². The van der Waals surface area contributed by atoms with Gasteiger partial charge in [-0.25, -0.2) is 0 Å². The summed E-state index contributed by atoms with van der Waals surface area (Å²) in [5, 5.41) is 0. The van der Waals surface area contributed by atoms with Crippen LogP contribution in [0.2, 0.25) is 0 Å². The summed E-state index contributed by atoms with van der Waals surface area (Å²) in [6.45, 7) is 6.66. The van der Waals surface area contributed by atoms with Gasteiger partial charge in [-0.15, -0.1) is 0 Å². The quantitative estimate of drug-likeness (QED) is 0.0261. The molecule has 482 valence electrons. The fraction of sp³-hybridized carbons (Fsp3) is 0.882. The van der Waals surface area contributed by atoms with Gasteiger partial charge in [0.05, 0.1) is 0 Å². The fourth-order valence-electron chi connectivity index (χ4n) is 11.3. The van der Waals surface area contributed by atoms with Crippen LogP contribution in [0.1, 0.15) is 412 Å². The van der Waals surface area contributed by atoms with Crippen LogP contribution in [0.3, 0.4) is 0 Å². The highest BCUT2D eigenvalue weighted by Crippen LogP contribution is 2.19. The van der Waals surface area contributed by atoms with Gasteiger partial charge >= 0.3 is 17.9 Å². The van der Waals surface area contributed by atoms with Crippen LogP contribution in [0.5, 0.6) is 0 Å². The fourth-order valence-corrected chi connectivity index (χ4v) is 11.3. The maximum atomic E-state index is 12.9. The van der Waals surface area contributed by atoms with Crippen molar-refractivity contribution in [2.75, 3.05) is 13.2 Å². The van der Waals surface area contributed by atoms with Crippen LogP contribution in [0.4, 0.5) is 0 Å². The third-order valence-corrected chi connectivity index (χ3v) is 16.9. The Hall–Kier alpha value is -2.37. The molecule has 0 aliphatic heterocycles. The molecule has 0 saturated heterocycles. The van der Waals surface area contributed by atoms with Crippen LogP contribution in [0.15, 0.2) is 36.5 Å². The molecule has 0 aromatic carbocycles. The van der Waals surface area contributed by atoms with Crippen LogP contribution >= 0.6 is 0 Å². The van der Waals surface area contributed by atoms with Gasteiger partial charge in [-0.3, -0.25) is 14.4 Å². The van der Waals surface area contributed by atoms with E-state index in [-0.39, 0.29) is 31.1 Å². The number of carbonyl (C=O) groups is 3. The lowest BCUT2D eigenvalue weighted by atomic mass is 10.0. The van der Waals surface area contributed by atoms with E-state index in [0.717, 1.165) is 77.0 Å². The van der Waals surface area contributed by atoms with Crippen molar-refractivity contribution in [3.63, 3.8) is 0 Å². The number of ether oxygens (including phenoxy) is 3. The second-order valence-corrected chi connectivity index (χ2v) is 25.2. The molecular formula is C76H142O6. The first-order valence-corrected chi connectivity index (χ1v) is 37.0. The lowest BCUT2D eigenvalue weighted by Crippen LogP contribution is -2.30. The molecular weight excluding hydrogens is 1010 g/mol. The number of rotatable bonds is 69. The number of unbranched alkanes of at least 4 members (excludes halogenated alkanes) is 52. The second-order valence-electron chi connectivity index (χ2n) is 25.2. The first kappa shape index (κ1) is 79.6. The summed E-state index contributed by atoms with van der Waals surface area (Å²) in [6.07, 6.45) is 89.2. The lowest BCUT2D eigenvalue weighted by molar-refractivity contribution is -0.167. The average molecular weight is 1150 g/mol. The molecule has 0 aromatic rings. The molecule has 0 bridgehead atoms. The van der Waals surface area contributed by atoms with Gasteiger partial charge in [0.2, 0.25) is 0 Å². The van der Waals surface area contributed by atoms with Crippen molar-refractivity contribution in [3.05, 3.63) is 36.5 Å². The van der Waals surface area contributed by atoms with Gasteiger partial charge in [0, 0.05) is 19.3 Å². The Morgan fingerprint density at radius 3 is 0.720 bits per heavy atom. The summed E-state index contributed by atoms with van der Waals surface area (Å²) in [4.78, 5) is 38.4. The normalized spacial score (nSPS) is 12.2. The molecule has 0 aliphatic carbocycles. The Balaban J connectivity index is 4.07. The Kier molecular flexibility index (Phi) is 69.1. The first-order valence-electron chi connectivity index (χ1n) is 37.0. The van der Waals surface area contributed by atoms with E-state index in [2.05, 4.69) is 57.2 Å². The van der Waals surface area contributed by atoms with E-state index in [0.29, 0.717) is 19.3 Å². The van der Waals surface area contributed by atoms with E-state index < -0.39 is 6.10 Å². The Morgan fingerprint density at radius 2 is 0.439 bits per heavy atom. The molecule has 0 spiro atoms. The maximum Gasteiger partial charge on any atom is 0.306 e. The molecule has 0 saturated carbocycles. The van der Waals surface area contributed by atoms with E-state index in [4.69, 9.17) is 14.2 Å². The van der Waals surface area contributed by atoms with Crippen molar-refractivity contribution >= 4 is 17.9 Å². The summed E-state index contributed by atoms with van der Waals surface area (Å²) in [6, 6.07) is 0. The molecule has 0 heterocycles. The summed E-state index contributed by atoms with van der Waals surface area (Å²) in [7, 11) is 0. The lowest BCUT2D eigenvalue weighted by Gasteiger charge is -2.18. The average Bonchev–Trinajstić information content (AvgIpc) is 3.47. The van der Waals surface area contributed by atoms with Gasteiger partial charge < -0.3 is 14.2 Å². The molecule has 1 unspecified atom stereocenters. The van der Waals surface area contributed by atoms with E-state index in [1.807, 2.05) is 0 Å². The summed E-state index contributed by atoms with van der Waals surface area (Å²) < 4.78 is 17.0. The van der Waals surface area contributed by atoms with Crippen LogP contribution in [0, 0.1) is 0 Å². The molecule has 1 atom stereocenters. The van der Waals surface area contributed by atoms with Crippen molar-refractivity contribution in [2.45, 2.75) is 419 Å². The molecule has 0 fully saturated rings. The van der Waals surface area contributed by atoms with E-state index >= 15 is 0 Å². The van der Waals surface area contributed by atoms with Crippen LogP contribution in [-0.2, 0) is 28.6 Å². The van der Waals surface area contributed by atoms with E-state index in [1.165, 1.54) is 295 Å². The third-order valence-electron chi connectivity index (χ3n) is 16.9. The second kappa shape index (κ2) is 71.1. The SMILES string of the molecule is CCCCC/C=C\CCCCCCCC(=O)OCC(COC(=O)CCCCCCCCCCCCCCCCCCCCCCCCCCCCCCCCCCCC)OC(=O)CCCCCCCCC/C=C\C/C=C\CCCCCC. The van der Waals surface area contributed by atoms with Crippen molar-refractivity contribution in [3.8, 4) is 0 Å². The van der Waals surface area contributed by atoms with Gasteiger partial charge in [0.15, 0.2) is 6.10 Å². The number of carbonyl (C=O) groups excluding carboxylic acids is 3. The number of esters is 3. The van der Waals surface area contributed by atoms with Gasteiger partial charge in [-0.1, -0.05) is 353 Å². The molecule has 0 aliphatic rings. The molecule has 82 heavy (non-hydrogen) atoms. The van der Waals surface area contributed by atoms with Gasteiger partial charge in [0.1, 0.15) is 13.2 Å². The number of hydrogen-bond donors (Lipinski definition) is 0. The highest BCUT2D eigenvalue weighted by atomic mass is 16.6. The Morgan fingerprint density at radius 1 is 0.244 bits per heavy atom. The topological polar surface area (TPSA) is 78.9 Å². The van der Waals surface area contributed by atoms with E-state index in [1.54, 1.807) is 0 Å². The summed E-state index contributed by atoms with van der Waals surface area (Å²) in [5.74, 6) is -0.866. The highest BCUT2D eigenvalue weighted by molar-refractivity contribution is 5.71. The standard InChI is InChI=1S/C76H142O6/c1-4-7-10-13-16-19-22-25-27-29-31-32-33-34-35-36-37-38-39-40-41-42-43-44-45-46-48-49-51-54-57-60-63-66-69-75(78)81-72-73(71-80-74(77)68-65-62-59-56-53-24-21-18-15-12-9-6-3)82-76(79)70-67-64-61-58-55-52-50-47-30-28-26-23-20-17-14-11-8-5-2/h18,20-21,23,28,30,73H,4-17,19,22,24-27,29,31-72H2,1-3H3/b21-18-,23-20-,30-28-. The van der Waals surface area contributed by atoms with Crippen molar-refractivity contribution in [2.24, 2.45) is 0 Å². The van der Waals surface area contributed by atoms with Gasteiger partial charge in [-0.05, 0) is 77.0 Å². The predicted octanol–water partition coefficient (Wildman–Crippen LogP) is 25.5. The van der Waals surface area contributed by atoms with Crippen molar-refractivity contribution in [1.29, 1.82) is 0 Å². The summed E-state index contributed by atoms with van der Waals surface area (Å²) >= 11 is 0. The molecule has 0 N–H and O–H groups in total. The molecule has 0 amide bonds. The van der Waals surface area contributed by atoms with Crippen LogP contribution in [-0.4, -0.2) is 37.2 Å². The van der Waals surface area contributed by atoms with E-state index in [9.17, 15) is 14.4 Å². The van der Waals surface area contributed by atoms with Crippen LogP contribution in [0.25, 0.3) is 0 Å². The first-order chi connectivity index (χ1) is 40.5. The Bertz CT molecular complexity index is 1370. The predicted molar refractivity (Wildman–Crippen MR) is 358 cm³/mol. The van der Waals surface area contributed by atoms with Crippen LogP contribution < -0.4 is 0 Å². The maximum absolute atomic E-state index is 12.9. The highest BCUT2D eigenvalue weighted by Gasteiger charge is 2.19. The molecule has 0 rings (SSSR count). The number of allylic oxidation sites excluding steroid dienone is 6. The largest absolute Gasteiger partial charge is 0.462 e. The zero-order chi connectivity index (χ0) is 59.2. The summed E-state index contributed by atoms with van der Waals surface area (Å²) in [5.41, 5.74) is 0.